The van der Waals surface area contributed by atoms with Crippen molar-refractivity contribution in [1.29, 1.82) is 0 Å². The number of likely N-dealkylation sites (N-methyl/N-ethyl adjacent to an activating group) is 1. The van der Waals surface area contributed by atoms with E-state index in [2.05, 4.69) is 5.32 Å². The summed E-state index contributed by atoms with van der Waals surface area (Å²) in [7, 11) is 1.81. The van der Waals surface area contributed by atoms with Gasteiger partial charge in [-0.15, -0.1) is 0 Å². The van der Waals surface area contributed by atoms with E-state index < -0.39 is 0 Å². The van der Waals surface area contributed by atoms with E-state index >= 15 is 0 Å². The number of hydrogen-bond donors (Lipinski definition) is 1. The molecule has 80 valence electrons. The third-order valence-corrected chi connectivity index (χ3v) is 2.75. The summed E-state index contributed by atoms with van der Waals surface area (Å²) in [6.07, 6.45) is 0.707. The van der Waals surface area contributed by atoms with Crippen molar-refractivity contribution in [3.63, 3.8) is 0 Å². The van der Waals surface area contributed by atoms with Crippen molar-refractivity contribution in [3.05, 3.63) is 24.0 Å². The van der Waals surface area contributed by atoms with Crippen molar-refractivity contribution < 1.29 is 9.18 Å². The lowest BCUT2D eigenvalue weighted by molar-refractivity contribution is -0.117. The molecule has 0 aromatic heterocycles. The monoisotopic (exact) mass is 208 g/mol. The summed E-state index contributed by atoms with van der Waals surface area (Å²) in [4.78, 5) is 13.5. The molecule has 1 aromatic carbocycles. The van der Waals surface area contributed by atoms with Crippen LogP contribution in [0.25, 0.3) is 0 Å². The van der Waals surface area contributed by atoms with Gasteiger partial charge >= 0.3 is 0 Å². The van der Waals surface area contributed by atoms with Crippen LogP contribution in [0.4, 0.5) is 15.8 Å². The molecule has 1 aromatic rings. The largest absolute Gasteiger partial charge is 0.361 e. The van der Waals surface area contributed by atoms with Gasteiger partial charge in [-0.1, -0.05) is 6.92 Å². The highest BCUT2D eigenvalue weighted by Gasteiger charge is 2.28. The second-order valence-electron chi connectivity index (χ2n) is 3.69. The van der Waals surface area contributed by atoms with Gasteiger partial charge in [0.2, 0.25) is 5.91 Å². The molecule has 4 heteroatoms. The molecule has 3 nitrogen and oxygen atoms in total. The summed E-state index contributed by atoms with van der Waals surface area (Å²) in [5, 5.41) is 2.77. The SMILES string of the molecule is CCC1C(=O)Nc2ccc(F)cc2N1C. The van der Waals surface area contributed by atoms with Crippen LogP contribution in [-0.4, -0.2) is 19.0 Å². The van der Waals surface area contributed by atoms with Crippen molar-refractivity contribution in [2.45, 2.75) is 19.4 Å². The Balaban J connectivity index is 2.46. The first-order valence-electron chi connectivity index (χ1n) is 4.96. The maximum Gasteiger partial charge on any atom is 0.247 e. The molecule has 1 unspecified atom stereocenters. The number of hydrogen-bond acceptors (Lipinski definition) is 2. The molecular weight excluding hydrogens is 195 g/mol. The van der Waals surface area contributed by atoms with E-state index in [0.29, 0.717) is 12.1 Å². The van der Waals surface area contributed by atoms with Crippen molar-refractivity contribution in [1.82, 2.24) is 0 Å². The smallest absolute Gasteiger partial charge is 0.247 e. The van der Waals surface area contributed by atoms with E-state index in [-0.39, 0.29) is 17.8 Å². The Morgan fingerprint density at radius 3 is 2.93 bits per heavy atom. The minimum Gasteiger partial charge on any atom is -0.361 e. The Morgan fingerprint density at radius 1 is 1.53 bits per heavy atom. The number of halogens is 1. The quantitative estimate of drug-likeness (QED) is 0.765. The average Bonchev–Trinajstić information content (AvgIpc) is 2.20. The number of nitrogens with zero attached hydrogens (tertiary/aromatic N) is 1. The first kappa shape index (κ1) is 9.96. The van der Waals surface area contributed by atoms with Gasteiger partial charge in [0, 0.05) is 7.05 Å². The molecule has 0 radical (unpaired) electrons. The molecule has 1 atom stereocenters. The Bertz CT molecular complexity index is 406. The maximum atomic E-state index is 13.1. The molecule has 1 aliphatic heterocycles. The summed E-state index contributed by atoms with van der Waals surface area (Å²) in [6, 6.07) is 4.17. The first-order chi connectivity index (χ1) is 7.13. The Kier molecular flexibility index (Phi) is 2.34. The van der Waals surface area contributed by atoms with Gasteiger partial charge in [-0.25, -0.2) is 4.39 Å². The average molecular weight is 208 g/mol. The number of benzene rings is 1. The maximum absolute atomic E-state index is 13.1. The van der Waals surface area contributed by atoms with E-state index in [1.165, 1.54) is 12.1 Å². The molecule has 1 heterocycles. The standard InChI is InChI=1S/C11H13FN2O/c1-3-9-11(15)13-8-5-4-7(12)6-10(8)14(9)2/h4-6,9H,3H2,1-2H3,(H,13,15). The summed E-state index contributed by atoms with van der Waals surface area (Å²) in [5.41, 5.74) is 1.41. The molecule has 0 aliphatic carbocycles. The Labute approximate surface area is 87.9 Å². The van der Waals surface area contributed by atoms with Crippen LogP contribution < -0.4 is 10.2 Å². The molecule has 0 saturated carbocycles. The summed E-state index contributed by atoms with van der Waals surface area (Å²) in [6.45, 7) is 1.94. The normalized spacial score (nSPS) is 19.8. The van der Waals surface area contributed by atoms with E-state index in [1.807, 2.05) is 18.9 Å². The van der Waals surface area contributed by atoms with Crippen LogP contribution >= 0.6 is 0 Å². The van der Waals surface area contributed by atoms with Crippen LogP contribution in [0.5, 0.6) is 0 Å². The summed E-state index contributed by atoms with van der Waals surface area (Å²) < 4.78 is 13.1. The predicted octanol–water partition coefficient (Wildman–Crippen LogP) is 1.99. The third-order valence-electron chi connectivity index (χ3n) is 2.75. The number of anilines is 2. The zero-order valence-electron chi connectivity index (χ0n) is 8.75. The highest BCUT2D eigenvalue weighted by Crippen LogP contribution is 2.32. The molecule has 0 bridgehead atoms. The van der Waals surface area contributed by atoms with E-state index in [0.717, 1.165) is 5.69 Å². The first-order valence-corrected chi connectivity index (χ1v) is 4.96. The molecule has 2 rings (SSSR count). The molecule has 1 aliphatic rings. The van der Waals surface area contributed by atoms with Crippen LogP contribution in [0.2, 0.25) is 0 Å². The van der Waals surface area contributed by atoms with Crippen LogP contribution in [0.3, 0.4) is 0 Å². The topological polar surface area (TPSA) is 32.3 Å². The van der Waals surface area contributed by atoms with Crippen LogP contribution in [0, 0.1) is 5.82 Å². The molecule has 0 fully saturated rings. The van der Waals surface area contributed by atoms with E-state index in [4.69, 9.17) is 0 Å². The number of amides is 1. The number of rotatable bonds is 1. The molecule has 0 saturated heterocycles. The van der Waals surface area contributed by atoms with Crippen LogP contribution in [0.1, 0.15) is 13.3 Å². The van der Waals surface area contributed by atoms with Crippen molar-refractivity contribution >= 4 is 17.3 Å². The Morgan fingerprint density at radius 2 is 2.27 bits per heavy atom. The minimum atomic E-state index is -0.286. The highest BCUT2D eigenvalue weighted by molar-refractivity contribution is 6.03. The highest BCUT2D eigenvalue weighted by atomic mass is 19.1. The molecule has 15 heavy (non-hydrogen) atoms. The summed E-state index contributed by atoms with van der Waals surface area (Å²) in [5.74, 6) is -0.314. The second kappa shape index (κ2) is 3.53. The van der Waals surface area contributed by atoms with Gasteiger partial charge in [-0.2, -0.15) is 0 Å². The zero-order valence-corrected chi connectivity index (χ0v) is 8.75. The van der Waals surface area contributed by atoms with E-state index in [9.17, 15) is 9.18 Å². The molecular formula is C11H13FN2O. The number of carbonyl (C=O) groups is 1. The van der Waals surface area contributed by atoms with Crippen molar-refractivity contribution in [3.8, 4) is 0 Å². The third kappa shape index (κ3) is 1.56. The number of fused-ring (bicyclic) bond motifs is 1. The molecule has 1 amide bonds. The van der Waals surface area contributed by atoms with Crippen LogP contribution in [-0.2, 0) is 4.79 Å². The van der Waals surface area contributed by atoms with Gasteiger partial charge in [-0.3, -0.25) is 4.79 Å². The fourth-order valence-corrected chi connectivity index (χ4v) is 1.92. The van der Waals surface area contributed by atoms with Gasteiger partial charge < -0.3 is 10.2 Å². The Hall–Kier alpha value is -1.58. The van der Waals surface area contributed by atoms with Gasteiger partial charge in [0.1, 0.15) is 11.9 Å². The van der Waals surface area contributed by atoms with Crippen molar-refractivity contribution in [2.24, 2.45) is 0 Å². The van der Waals surface area contributed by atoms with Gasteiger partial charge in [-0.05, 0) is 24.6 Å². The molecule has 1 N–H and O–H groups in total. The number of nitrogens with one attached hydrogen (secondary N) is 1. The second-order valence-corrected chi connectivity index (χ2v) is 3.69. The fraction of sp³-hybridized carbons (Fsp3) is 0.364. The van der Waals surface area contributed by atoms with Crippen LogP contribution in [0.15, 0.2) is 18.2 Å². The lowest BCUT2D eigenvalue weighted by Crippen LogP contribution is -2.45. The zero-order chi connectivity index (χ0) is 11.0. The van der Waals surface area contributed by atoms with Gasteiger partial charge in [0.15, 0.2) is 0 Å². The van der Waals surface area contributed by atoms with Crippen molar-refractivity contribution in [2.75, 3.05) is 17.3 Å². The molecule has 0 spiro atoms. The van der Waals surface area contributed by atoms with Gasteiger partial charge in [0.05, 0.1) is 11.4 Å². The fourth-order valence-electron chi connectivity index (χ4n) is 1.92. The lowest BCUT2D eigenvalue weighted by atomic mass is 10.1. The van der Waals surface area contributed by atoms with Gasteiger partial charge in [0.25, 0.3) is 0 Å². The minimum absolute atomic E-state index is 0.0286. The number of carbonyl (C=O) groups excluding carboxylic acids is 1. The summed E-state index contributed by atoms with van der Waals surface area (Å²) >= 11 is 0. The predicted molar refractivity (Wildman–Crippen MR) is 57.5 cm³/mol. The van der Waals surface area contributed by atoms with E-state index in [1.54, 1.807) is 6.07 Å². The lowest BCUT2D eigenvalue weighted by Gasteiger charge is -2.34.